The third-order valence-corrected chi connectivity index (χ3v) is 4.07. The molecule has 90 valence electrons. The monoisotopic (exact) mass is 315 g/mol. The molecule has 0 aliphatic heterocycles. The molecule has 0 spiro atoms. The van der Waals surface area contributed by atoms with Crippen LogP contribution in [0.5, 0.6) is 0 Å². The number of halogens is 1. The second-order valence-electron chi connectivity index (χ2n) is 3.32. The van der Waals surface area contributed by atoms with E-state index in [-0.39, 0.29) is 5.03 Å². The van der Waals surface area contributed by atoms with Gasteiger partial charge < -0.3 is 0 Å². The molecule has 0 bridgehead atoms. The number of H-pyrrole nitrogens is 1. The lowest BCUT2D eigenvalue weighted by molar-refractivity contribution is 0.597. The van der Waals surface area contributed by atoms with Crippen molar-refractivity contribution in [3.63, 3.8) is 0 Å². The van der Waals surface area contributed by atoms with Gasteiger partial charge in [-0.15, -0.1) is 0 Å². The molecule has 17 heavy (non-hydrogen) atoms. The molecule has 0 saturated carbocycles. The van der Waals surface area contributed by atoms with Gasteiger partial charge >= 0.3 is 0 Å². The van der Waals surface area contributed by atoms with Gasteiger partial charge in [0.1, 0.15) is 0 Å². The van der Waals surface area contributed by atoms with Crippen molar-refractivity contribution in [1.29, 1.82) is 0 Å². The average molecular weight is 316 g/mol. The SMILES string of the molecule is O=S(=O)(Nc1ccccc1CBr)c1ccn[nH]1. The van der Waals surface area contributed by atoms with Crippen molar-refractivity contribution in [2.75, 3.05) is 4.72 Å². The maximum absolute atomic E-state index is 11.9. The summed E-state index contributed by atoms with van der Waals surface area (Å²) in [7, 11) is -3.59. The first-order chi connectivity index (χ1) is 8.13. The van der Waals surface area contributed by atoms with Gasteiger partial charge in [-0.3, -0.25) is 9.82 Å². The summed E-state index contributed by atoms with van der Waals surface area (Å²) in [4.78, 5) is 0. The fraction of sp³-hybridized carbons (Fsp3) is 0.100. The van der Waals surface area contributed by atoms with E-state index in [1.54, 1.807) is 12.1 Å². The van der Waals surface area contributed by atoms with E-state index in [0.29, 0.717) is 11.0 Å². The van der Waals surface area contributed by atoms with Gasteiger partial charge in [0.2, 0.25) is 0 Å². The van der Waals surface area contributed by atoms with Gasteiger partial charge in [-0.05, 0) is 17.7 Å². The molecule has 0 unspecified atom stereocenters. The lowest BCUT2D eigenvalue weighted by Crippen LogP contribution is -2.14. The Kier molecular flexibility index (Phi) is 3.49. The number of aromatic amines is 1. The van der Waals surface area contributed by atoms with Gasteiger partial charge in [-0.1, -0.05) is 34.1 Å². The summed E-state index contributed by atoms with van der Waals surface area (Å²) in [5.41, 5.74) is 1.43. The fourth-order valence-corrected chi connectivity index (χ4v) is 2.83. The number of aromatic nitrogens is 2. The van der Waals surface area contributed by atoms with Crippen LogP contribution < -0.4 is 4.72 Å². The molecule has 2 N–H and O–H groups in total. The number of hydrogen-bond acceptors (Lipinski definition) is 3. The topological polar surface area (TPSA) is 74.8 Å². The fourth-order valence-electron chi connectivity index (χ4n) is 1.33. The Morgan fingerprint density at radius 3 is 2.71 bits per heavy atom. The summed E-state index contributed by atoms with van der Waals surface area (Å²) < 4.78 is 26.4. The molecule has 7 heteroatoms. The molecule has 0 aliphatic rings. The molecule has 1 heterocycles. The first-order valence-electron chi connectivity index (χ1n) is 4.79. The van der Waals surface area contributed by atoms with Crippen molar-refractivity contribution in [2.24, 2.45) is 0 Å². The van der Waals surface area contributed by atoms with Crippen LogP contribution in [0.1, 0.15) is 5.56 Å². The maximum atomic E-state index is 11.9. The van der Waals surface area contributed by atoms with Gasteiger partial charge in [0.05, 0.1) is 11.9 Å². The molecule has 0 aliphatic carbocycles. The third kappa shape index (κ3) is 2.67. The number of para-hydroxylation sites is 1. The highest BCUT2D eigenvalue weighted by Gasteiger charge is 2.16. The number of hydrogen-bond donors (Lipinski definition) is 2. The molecule has 5 nitrogen and oxygen atoms in total. The minimum Gasteiger partial charge on any atom is -0.278 e. The number of rotatable bonds is 4. The Hall–Kier alpha value is -1.34. The van der Waals surface area contributed by atoms with Crippen LogP contribution in [-0.2, 0) is 15.4 Å². The summed E-state index contributed by atoms with van der Waals surface area (Å²) in [5, 5.41) is 6.66. The second-order valence-corrected chi connectivity index (χ2v) is 5.53. The van der Waals surface area contributed by atoms with Crippen LogP contribution >= 0.6 is 15.9 Å². The Morgan fingerprint density at radius 2 is 2.06 bits per heavy atom. The van der Waals surface area contributed by atoms with Crippen LogP contribution in [0.2, 0.25) is 0 Å². The highest BCUT2D eigenvalue weighted by Crippen LogP contribution is 2.20. The van der Waals surface area contributed by atoms with Gasteiger partial charge in [-0.2, -0.15) is 13.5 Å². The van der Waals surface area contributed by atoms with Gasteiger partial charge in [0.15, 0.2) is 5.03 Å². The Bertz CT molecular complexity index is 596. The van der Waals surface area contributed by atoms with Crippen LogP contribution in [0.15, 0.2) is 41.6 Å². The average Bonchev–Trinajstić information content (AvgIpc) is 2.83. The summed E-state index contributed by atoms with van der Waals surface area (Å²) in [5.74, 6) is 0. The van der Waals surface area contributed by atoms with Crippen LogP contribution in [0.25, 0.3) is 0 Å². The molecule has 2 rings (SSSR count). The van der Waals surface area contributed by atoms with Crippen molar-refractivity contribution in [3.8, 4) is 0 Å². The Balaban J connectivity index is 2.33. The Labute approximate surface area is 107 Å². The quantitative estimate of drug-likeness (QED) is 0.848. The predicted octanol–water partition coefficient (Wildman–Crippen LogP) is 2.11. The molecule has 0 amide bonds. The number of benzene rings is 1. The largest absolute Gasteiger partial charge is 0.278 e. The molecular formula is C10H10BrN3O2S. The number of anilines is 1. The van der Waals surface area contributed by atoms with Gasteiger partial charge in [0, 0.05) is 5.33 Å². The normalized spacial score (nSPS) is 11.4. The summed E-state index contributed by atoms with van der Waals surface area (Å²) >= 11 is 3.31. The minimum absolute atomic E-state index is 0.0434. The number of nitrogens with zero attached hydrogens (tertiary/aromatic N) is 1. The zero-order valence-electron chi connectivity index (χ0n) is 8.72. The highest BCUT2D eigenvalue weighted by atomic mass is 79.9. The van der Waals surface area contributed by atoms with E-state index in [1.165, 1.54) is 12.3 Å². The number of nitrogens with one attached hydrogen (secondary N) is 2. The molecule has 1 aromatic heterocycles. The summed E-state index contributed by atoms with van der Waals surface area (Å²) in [6, 6.07) is 8.59. The molecular weight excluding hydrogens is 306 g/mol. The first-order valence-corrected chi connectivity index (χ1v) is 7.40. The first kappa shape index (κ1) is 12.1. The zero-order valence-corrected chi connectivity index (χ0v) is 11.1. The van der Waals surface area contributed by atoms with Crippen LogP contribution in [0.4, 0.5) is 5.69 Å². The van der Waals surface area contributed by atoms with Crippen LogP contribution in [0, 0.1) is 0 Å². The zero-order chi connectivity index (χ0) is 12.3. The van der Waals surface area contributed by atoms with E-state index >= 15 is 0 Å². The van der Waals surface area contributed by atoms with E-state index in [1.807, 2.05) is 12.1 Å². The van der Waals surface area contributed by atoms with Crippen molar-refractivity contribution in [3.05, 3.63) is 42.1 Å². The maximum Gasteiger partial charge on any atom is 0.278 e. The molecule has 0 saturated heterocycles. The molecule has 0 radical (unpaired) electrons. The Morgan fingerprint density at radius 1 is 1.29 bits per heavy atom. The molecule has 0 atom stereocenters. The van der Waals surface area contributed by atoms with E-state index in [2.05, 4.69) is 30.8 Å². The standard InChI is InChI=1S/C10H10BrN3O2S/c11-7-8-3-1-2-4-9(8)14-17(15,16)10-5-6-12-13-10/h1-6,14H,7H2,(H,12,13). The van der Waals surface area contributed by atoms with E-state index < -0.39 is 10.0 Å². The molecule has 1 aromatic carbocycles. The minimum atomic E-state index is -3.59. The van der Waals surface area contributed by atoms with Crippen molar-refractivity contribution < 1.29 is 8.42 Å². The van der Waals surface area contributed by atoms with Crippen molar-refractivity contribution in [1.82, 2.24) is 10.2 Å². The third-order valence-electron chi connectivity index (χ3n) is 2.17. The van der Waals surface area contributed by atoms with E-state index in [4.69, 9.17) is 0 Å². The van der Waals surface area contributed by atoms with Crippen molar-refractivity contribution >= 4 is 31.6 Å². The molecule has 2 aromatic rings. The van der Waals surface area contributed by atoms with Gasteiger partial charge in [-0.25, -0.2) is 0 Å². The number of sulfonamides is 1. The highest BCUT2D eigenvalue weighted by molar-refractivity contribution is 9.08. The summed E-state index contributed by atoms with van der Waals surface area (Å²) in [6.07, 6.45) is 1.39. The van der Waals surface area contributed by atoms with Crippen LogP contribution in [-0.4, -0.2) is 18.6 Å². The second kappa shape index (κ2) is 4.89. The lowest BCUT2D eigenvalue weighted by Gasteiger charge is -2.09. The smallest absolute Gasteiger partial charge is 0.278 e. The lowest BCUT2D eigenvalue weighted by atomic mass is 10.2. The molecule has 0 fully saturated rings. The summed E-state index contributed by atoms with van der Waals surface area (Å²) in [6.45, 7) is 0. The number of alkyl halides is 1. The van der Waals surface area contributed by atoms with Crippen molar-refractivity contribution in [2.45, 2.75) is 10.4 Å². The van der Waals surface area contributed by atoms with E-state index in [0.717, 1.165) is 5.56 Å². The predicted molar refractivity (Wildman–Crippen MR) is 68.5 cm³/mol. The van der Waals surface area contributed by atoms with Crippen LogP contribution in [0.3, 0.4) is 0 Å². The van der Waals surface area contributed by atoms with E-state index in [9.17, 15) is 8.42 Å². The van der Waals surface area contributed by atoms with Gasteiger partial charge in [0.25, 0.3) is 10.0 Å².